The van der Waals surface area contributed by atoms with E-state index < -0.39 is 92.3 Å². The molecule has 1 aliphatic heterocycles. The van der Waals surface area contributed by atoms with Gasteiger partial charge in [-0.25, -0.2) is 35.1 Å². The first kappa shape index (κ1) is 30.1. The van der Waals surface area contributed by atoms with E-state index in [4.69, 9.17) is 5.73 Å². The van der Waals surface area contributed by atoms with Crippen molar-refractivity contribution in [3.63, 3.8) is 0 Å². The number of nitrogens with two attached hydrogens (primary N) is 1. The van der Waals surface area contributed by atoms with Crippen LogP contribution in [-0.4, -0.2) is 12.8 Å². The molecule has 43 heavy (non-hydrogen) atoms. The van der Waals surface area contributed by atoms with Crippen molar-refractivity contribution >= 4 is 6.21 Å². The predicted octanol–water partition coefficient (Wildman–Crippen LogP) is 8.35. The largest absolute Gasteiger partial charge is 0.432 e. The molecule has 0 aromatic heterocycles. The van der Waals surface area contributed by atoms with Crippen LogP contribution in [0.4, 0.5) is 43.9 Å². The third-order valence-electron chi connectivity index (χ3n) is 6.86. The number of hydrogen-bond acceptors (Lipinski definition) is 3. The molecule has 0 radical (unpaired) electrons. The second-order valence-corrected chi connectivity index (χ2v) is 9.73. The number of hydrogen-bond donors (Lipinski definition) is 1. The van der Waals surface area contributed by atoms with Crippen molar-refractivity contribution in [2.24, 2.45) is 16.6 Å². The standard InChI is InChI=1S/C30H18F10N2O/c31-19-10-17(43-30(39,40)28-22(34)6-15(7-23(28)35)26-3-13(11-41)12-42-26)1-2-18(19)14-4-20(32)27(21(33)5-14)16-8-24(36)29(38)25(37)9-16/h1-2,4-10,12-13,26H,3,11,41H2/t13?,26-/m1/s1. The summed E-state index contributed by atoms with van der Waals surface area (Å²) in [4.78, 5) is 4.09. The average molecular weight is 612 g/mol. The van der Waals surface area contributed by atoms with Crippen LogP contribution in [0.15, 0.2) is 59.6 Å². The van der Waals surface area contributed by atoms with Gasteiger partial charge >= 0.3 is 6.11 Å². The molecule has 2 N–H and O–H groups in total. The van der Waals surface area contributed by atoms with Gasteiger partial charge in [-0.3, -0.25) is 4.99 Å². The maximum absolute atomic E-state index is 14.9. The highest BCUT2D eigenvalue weighted by Gasteiger charge is 2.42. The molecule has 1 unspecified atom stereocenters. The second kappa shape index (κ2) is 11.4. The highest BCUT2D eigenvalue weighted by molar-refractivity contribution is 5.72. The third kappa shape index (κ3) is 5.81. The molecule has 0 bridgehead atoms. The lowest BCUT2D eigenvalue weighted by Gasteiger charge is -2.21. The Balaban J connectivity index is 1.40. The summed E-state index contributed by atoms with van der Waals surface area (Å²) in [6, 6.07) is 4.63. The van der Waals surface area contributed by atoms with Crippen molar-refractivity contribution < 1.29 is 48.6 Å². The van der Waals surface area contributed by atoms with Gasteiger partial charge in [-0.2, -0.15) is 8.78 Å². The Morgan fingerprint density at radius 1 is 0.721 bits per heavy atom. The van der Waals surface area contributed by atoms with Crippen LogP contribution in [0.1, 0.15) is 23.6 Å². The Morgan fingerprint density at radius 2 is 1.30 bits per heavy atom. The summed E-state index contributed by atoms with van der Waals surface area (Å²) in [5.74, 6) is -13.6. The molecule has 13 heteroatoms. The molecule has 0 saturated heterocycles. The maximum Gasteiger partial charge on any atom is 0.432 e. The minimum absolute atomic E-state index is 0.0114. The van der Waals surface area contributed by atoms with Gasteiger partial charge in [0.15, 0.2) is 17.5 Å². The zero-order valence-corrected chi connectivity index (χ0v) is 21.6. The van der Waals surface area contributed by atoms with Crippen LogP contribution in [0, 0.1) is 52.5 Å². The molecule has 0 saturated carbocycles. The van der Waals surface area contributed by atoms with Crippen molar-refractivity contribution in [1.82, 2.24) is 0 Å². The molecule has 0 aliphatic carbocycles. The summed E-state index contributed by atoms with van der Waals surface area (Å²) in [6.07, 6.45) is -2.75. The fourth-order valence-corrected chi connectivity index (χ4v) is 4.77. The second-order valence-electron chi connectivity index (χ2n) is 9.73. The fraction of sp³-hybridized carbons (Fsp3) is 0.167. The van der Waals surface area contributed by atoms with Gasteiger partial charge < -0.3 is 10.5 Å². The molecule has 0 spiro atoms. The van der Waals surface area contributed by atoms with Gasteiger partial charge in [0.2, 0.25) is 0 Å². The van der Waals surface area contributed by atoms with E-state index in [-0.39, 0.29) is 18.0 Å². The Bertz CT molecular complexity index is 1690. The number of nitrogens with zero attached hydrogens (tertiary/aromatic N) is 1. The first-order valence-electron chi connectivity index (χ1n) is 12.5. The van der Waals surface area contributed by atoms with E-state index in [9.17, 15) is 43.9 Å². The van der Waals surface area contributed by atoms with Crippen molar-refractivity contribution in [2.75, 3.05) is 6.54 Å². The molecule has 0 amide bonds. The summed E-state index contributed by atoms with van der Waals surface area (Å²) in [5, 5.41) is 0. The van der Waals surface area contributed by atoms with Gasteiger partial charge in [-0.15, -0.1) is 0 Å². The van der Waals surface area contributed by atoms with Gasteiger partial charge in [-0.05, 0) is 71.6 Å². The maximum atomic E-state index is 14.9. The van der Waals surface area contributed by atoms with E-state index in [0.29, 0.717) is 48.9 Å². The molecule has 0 fully saturated rings. The molecule has 224 valence electrons. The highest BCUT2D eigenvalue weighted by Crippen LogP contribution is 2.40. The molecule has 4 aromatic carbocycles. The molecule has 2 atom stereocenters. The summed E-state index contributed by atoms with van der Waals surface area (Å²) >= 11 is 0. The van der Waals surface area contributed by atoms with Gasteiger partial charge in [-0.1, -0.05) is 0 Å². The highest BCUT2D eigenvalue weighted by atomic mass is 19.3. The van der Waals surface area contributed by atoms with Crippen molar-refractivity contribution in [1.29, 1.82) is 0 Å². The van der Waals surface area contributed by atoms with Crippen LogP contribution < -0.4 is 10.5 Å². The molecular weight excluding hydrogens is 594 g/mol. The molecular formula is C30H18F10N2O. The van der Waals surface area contributed by atoms with Crippen LogP contribution in [0.25, 0.3) is 22.3 Å². The van der Waals surface area contributed by atoms with Crippen molar-refractivity contribution in [2.45, 2.75) is 18.6 Å². The molecule has 3 nitrogen and oxygen atoms in total. The topological polar surface area (TPSA) is 47.6 Å². The van der Waals surface area contributed by atoms with Crippen LogP contribution >= 0.6 is 0 Å². The van der Waals surface area contributed by atoms with Crippen LogP contribution in [0.3, 0.4) is 0 Å². The average Bonchev–Trinajstić information content (AvgIpc) is 3.40. The fourth-order valence-electron chi connectivity index (χ4n) is 4.77. The Labute approximate surface area is 237 Å². The van der Waals surface area contributed by atoms with E-state index in [1.807, 2.05) is 0 Å². The van der Waals surface area contributed by atoms with Crippen molar-refractivity contribution in [3.8, 4) is 28.0 Å². The lowest BCUT2D eigenvalue weighted by atomic mass is 9.97. The number of rotatable bonds is 7. The van der Waals surface area contributed by atoms with E-state index in [0.717, 1.165) is 12.1 Å². The quantitative estimate of drug-likeness (QED) is 0.169. The van der Waals surface area contributed by atoms with E-state index in [1.165, 1.54) is 6.21 Å². The Kier molecular flexibility index (Phi) is 7.95. The van der Waals surface area contributed by atoms with Gasteiger partial charge in [0, 0.05) is 30.3 Å². The van der Waals surface area contributed by atoms with Gasteiger partial charge in [0.25, 0.3) is 0 Å². The van der Waals surface area contributed by atoms with E-state index in [1.54, 1.807) is 0 Å². The number of aliphatic imine (C=N–C) groups is 1. The van der Waals surface area contributed by atoms with Crippen LogP contribution in [-0.2, 0) is 6.11 Å². The number of ether oxygens (including phenoxy) is 1. The SMILES string of the molecule is NCC1C=N[C@@H](c2cc(F)c(C(F)(F)Oc3ccc(-c4cc(F)c(-c5cc(F)c(F)c(F)c5)c(F)c4)c(F)c3)c(F)c2)C1. The first-order chi connectivity index (χ1) is 20.3. The summed E-state index contributed by atoms with van der Waals surface area (Å²) < 4.78 is 149. The van der Waals surface area contributed by atoms with Crippen LogP contribution in [0.5, 0.6) is 5.75 Å². The van der Waals surface area contributed by atoms with Gasteiger partial charge in [0.05, 0.1) is 11.6 Å². The number of benzene rings is 4. The van der Waals surface area contributed by atoms with Crippen LogP contribution in [0.2, 0.25) is 0 Å². The summed E-state index contributed by atoms with van der Waals surface area (Å²) in [6.45, 7) is 0.248. The van der Waals surface area contributed by atoms with E-state index in [2.05, 4.69) is 9.73 Å². The number of alkyl halides is 2. The summed E-state index contributed by atoms with van der Waals surface area (Å²) in [7, 11) is 0. The smallest absolute Gasteiger partial charge is 0.429 e. The normalized spacial score (nSPS) is 16.6. The summed E-state index contributed by atoms with van der Waals surface area (Å²) in [5.41, 5.74) is 1.26. The first-order valence-corrected chi connectivity index (χ1v) is 12.5. The number of halogens is 10. The Hall–Kier alpha value is -4.39. The minimum Gasteiger partial charge on any atom is -0.429 e. The third-order valence-corrected chi connectivity index (χ3v) is 6.86. The zero-order chi connectivity index (χ0) is 31.2. The zero-order valence-electron chi connectivity index (χ0n) is 21.6. The lowest BCUT2D eigenvalue weighted by Crippen LogP contribution is -2.25. The lowest BCUT2D eigenvalue weighted by molar-refractivity contribution is -0.189. The molecule has 4 aromatic rings. The molecule has 1 heterocycles. The molecule has 5 rings (SSSR count). The van der Waals surface area contributed by atoms with Crippen molar-refractivity contribution in [3.05, 3.63) is 112 Å². The van der Waals surface area contributed by atoms with Gasteiger partial charge in [0.1, 0.15) is 40.4 Å². The Morgan fingerprint density at radius 3 is 1.84 bits per heavy atom. The monoisotopic (exact) mass is 612 g/mol. The minimum atomic E-state index is -4.61. The molecule has 1 aliphatic rings. The van der Waals surface area contributed by atoms with E-state index >= 15 is 0 Å². The predicted molar refractivity (Wildman–Crippen MR) is 136 cm³/mol.